The predicted molar refractivity (Wildman–Crippen MR) is 74.5 cm³/mol. The van der Waals surface area contributed by atoms with Gasteiger partial charge in [0.25, 0.3) is 0 Å². The van der Waals surface area contributed by atoms with Crippen LogP contribution in [0.3, 0.4) is 0 Å². The molecule has 0 aromatic rings. The van der Waals surface area contributed by atoms with Gasteiger partial charge in [0, 0.05) is 20.2 Å². The summed E-state index contributed by atoms with van der Waals surface area (Å²) in [6.07, 6.45) is 3.04. The van der Waals surface area contributed by atoms with Crippen LogP contribution in [-0.4, -0.2) is 48.2 Å². The van der Waals surface area contributed by atoms with Crippen molar-refractivity contribution in [2.45, 2.75) is 45.6 Å². The van der Waals surface area contributed by atoms with Gasteiger partial charge in [-0.1, -0.05) is 13.8 Å². The number of aliphatic hydroxyl groups is 1. The number of amides is 3. The van der Waals surface area contributed by atoms with Crippen molar-refractivity contribution in [1.82, 2.24) is 10.2 Å². The Balaban J connectivity index is 4.30. The molecule has 19 heavy (non-hydrogen) atoms. The molecule has 0 aliphatic carbocycles. The minimum Gasteiger partial charge on any atom is -0.396 e. The lowest BCUT2D eigenvalue weighted by Gasteiger charge is -2.25. The maximum atomic E-state index is 12.2. The monoisotopic (exact) mass is 273 g/mol. The topological polar surface area (TPSA) is 95.7 Å². The van der Waals surface area contributed by atoms with Gasteiger partial charge in [-0.25, -0.2) is 4.79 Å². The zero-order chi connectivity index (χ0) is 14.8. The normalized spacial score (nSPS) is 12.3. The molecule has 0 aliphatic rings. The Bertz CT molecular complexity index is 282. The molecule has 6 heteroatoms. The number of likely N-dealkylation sites (N-methyl/N-ethyl adjacent to an activating group) is 1. The second-order valence-electron chi connectivity index (χ2n) is 5.23. The van der Waals surface area contributed by atoms with Gasteiger partial charge >= 0.3 is 6.03 Å². The summed E-state index contributed by atoms with van der Waals surface area (Å²) in [6, 6.07) is -1.23. The van der Waals surface area contributed by atoms with Crippen molar-refractivity contribution in [3.05, 3.63) is 0 Å². The average Bonchev–Trinajstić information content (AvgIpc) is 2.31. The first-order valence-corrected chi connectivity index (χ1v) is 6.80. The van der Waals surface area contributed by atoms with Gasteiger partial charge in [0.2, 0.25) is 5.91 Å². The molecule has 112 valence electrons. The fourth-order valence-corrected chi connectivity index (χ4v) is 1.88. The van der Waals surface area contributed by atoms with Crippen LogP contribution < -0.4 is 11.1 Å². The highest BCUT2D eigenvalue weighted by Gasteiger charge is 2.23. The van der Waals surface area contributed by atoms with E-state index in [2.05, 4.69) is 5.32 Å². The highest BCUT2D eigenvalue weighted by atomic mass is 16.3. The minimum atomic E-state index is -0.673. The largest absolute Gasteiger partial charge is 0.396 e. The zero-order valence-electron chi connectivity index (χ0n) is 12.2. The first kappa shape index (κ1) is 17.7. The summed E-state index contributed by atoms with van der Waals surface area (Å²) in [5.41, 5.74) is 5.10. The predicted octanol–water partition coefficient (Wildman–Crippen LogP) is 0.690. The van der Waals surface area contributed by atoms with Crippen LogP contribution >= 0.6 is 0 Å². The second-order valence-corrected chi connectivity index (χ2v) is 5.23. The lowest BCUT2D eigenvalue weighted by atomic mass is 10.0. The summed E-state index contributed by atoms with van der Waals surface area (Å²) in [5, 5.41) is 11.2. The third kappa shape index (κ3) is 8.42. The van der Waals surface area contributed by atoms with E-state index in [4.69, 9.17) is 10.8 Å². The number of hydrogen-bond donors (Lipinski definition) is 3. The van der Waals surface area contributed by atoms with E-state index in [0.717, 1.165) is 19.3 Å². The van der Waals surface area contributed by atoms with E-state index in [0.29, 0.717) is 18.9 Å². The van der Waals surface area contributed by atoms with Crippen LogP contribution in [0.15, 0.2) is 0 Å². The smallest absolute Gasteiger partial charge is 0.312 e. The third-order valence-corrected chi connectivity index (χ3v) is 2.85. The summed E-state index contributed by atoms with van der Waals surface area (Å²) in [6.45, 7) is 4.78. The number of aliphatic hydroxyl groups excluding tert-OH is 1. The number of carbonyl (C=O) groups is 2. The van der Waals surface area contributed by atoms with E-state index < -0.39 is 12.1 Å². The first-order chi connectivity index (χ1) is 8.88. The van der Waals surface area contributed by atoms with E-state index in [1.807, 2.05) is 13.8 Å². The summed E-state index contributed by atoms with van der Waals surface area (Å²) >= 11 is 0. The standard InChI is InChI=1S/C13H27N3O3/c1-10(2)9-11(15-13(14)19)12(18)16(3)7-5-4-6-8-17/h10-11,17H,4-9H2,1-3H3,(H3,14,15,19). The summed E-state index contributed by atoms with van der Waals surface area (Å²) in [5.74, 6) is 0.181. The molecule has 0 aliphatic heterocycles. The molecule has 4 N–H and O–H groups in total. The van der Waals surface area contributed by atoms with Crippen molar-refractivity contribution < 1.29 is 14.7 Å². The molecule has 0 saturated heterocycles. The van der Waals surface area contributed by atoms with E-state index >= 15 is 0 Å². The van der Waals surface area contributed by atoms with E-state index in [-0.39, 0.29) is 12.5 Å². The number of primary amides is 1. The molecule has 0 rings (SSSR count). The Morgan fingerprint density at radius 1 is 1.26 bits per heavy atom. The van der Waals surface area contributed by atoms with Crippen molar-refractivity contribution in [3.63, 3.8) is 0 Å². The Morgan fingerprint density at radius 3 is 2.37 bits per heavy atom. The van der Waals surface area contributed by atoms with E-state index in [1.54, 1.807) is 11.9 Å². The molecular formula is C13H27N3O3. The molecular weight excluding hydrogens is 246 g/mol. The van der Waals surface area contributed by atoms with Gasteiger partial charge in [0.15, 0.2) is 0 Å². The van der Waals surface area contributed by atoms with E-state index in [9.17, 15) is 9.59 Å². The lowest BCUT2D eigenvalue weighted by molar-refractivity contribution is -0.132. The summed E-state index contributed by atoms with van der Waals surface area (Å²) in [7, 11) is 1.72. The molecule has 6 nitrogen and oxygen atoms in total. The molecule has 0 aromatic carbocycles. The molecule has 3 amide bonds. The number of nitrogens with one attached hydrogen (secondary N) is 1. The fourth-order valence-electron chi connectivity index (χ4n) is 1.88. The van der Waals surface area contributed by atoms with Gasteiger partial charge in [-0.05, 0) is 31.6 Å². The Morgan fingerprint density at radius 2 is 1.89 bits per heavy atom. The minimum absolute atomic E-state index is 0.114. The molecule has 0 radical (unpaired) electrons. The van der Waals surface area contributed by atoms with Crippen molar-refractivity contribution >= 4 is 11.9 Å². The van der Waals surface area contributed by atoms with Gasteiger partial charge in [-0.3, -0.25) is 4.79 Å². The Hall–Kier alpha value is -1.30. The molecule has 0 fully saturated rings. The van der Waals surface area contributed by atoms with Crippen LogP contribution in [0.4, 0.5) is 4.79 Å². The van der Waals surface area contributed by atoms with Crippen molar-refractivity contribution in [2.75, 3.05) is 20.2 Å². The third-order valence-electron chi connectivity index (χ3n) is 2.85. The quantitative estimate of drug-likeness (QED) is 0.539. The van der Waals surface area contributed by atoms with Gasteiger partial charge < -0.3 is 21.1 Å². The second kappa shape index (κ2) is 9.61. The molecule has 0 heterocycles. The average molecular weight is 273 g/mol. The molecule has 0 aromatic heterocycles. The van der Waals surface area contributed by atoms with Crippen molar-refractivity contribution in [1.29, 1.82) is 0 Å². The number of unbranched alkanes of at least 4 members (excludes halogenated alkanes) is 2. The van der Waals surface area contributed by atoms with Gasteiger partial charge in [-0.15, -0.1) is 0 Å². The summed E-state index contributed by atoms with van der Waals surface area (Å²) in [4.78, 5) is 24.7. The number of urea groups is 1. The molecule has 0 bridgehead atoms. The Kier molecular flexibility index (Phi) is 8.95. The van der Waals surface area contributed by atoms with Gasteiger partial charge in [0.1, 0.15) is 6.04 Å². The maximum Gasteiger partial charge on any atom is 0.312 e. The van der Waals surface area contributed by atoms with Gasteiger partial charge in [0.05, 0.1) is 0 Å². The lowest BCUT2D eigenvalue weighted by Crippen LogP contribution is -2.49. The molecule has 0 saturated carbocycles. The number of hydrogen-bond acceptors (Lipinski definition) is 3. The highest BCUT2D eigenvalue weighted by Crippen LogP contribution is 2.08. The van der Waals surface area contributed by atoms with Crippen molar-refractivity contribution in [3.8, 4) is 0 Å². The fraction of sp³-hybridized carbons (Fsp3) is 0.846. The molecule has 1 unspecified atom stereocenters. The number of carbonyl (C=O) groups excluding carboxylic acids is 2. The highest BCUT2D eigenvalue weighted by molar-refractivity contribution is 5.86. The first-order valence-electron chi connectivity index (χ1n) is 6.80. The summed E-state index contributed by atoms with van der Waals surface area (Å²) < 4.78 is 0. The molecule has 0 spiro atoms. The number of nitrogens with zero attached hydrogens (tertiary/aromatic N) is 1. The van der Waals surface area contributed by atoms with Crippen LogP contribution in [-0.2, 0) is 4.79 Å². The van der Waals surface area contributed by atoms with E-state index in [1.165, 1.54) is 0 Å². The zero-order valence-corrected chi connectivity index (χ0v) is 12.2. The number of rotatable bonds is 9. The van der Waals surface area contributed by atoms with Gasteiger partial charge in [-0.2, -0.15) is 0 Å². The van der Waals surface area contributed by atoms with Crippen LogP contribution in [0.1, 0.15) is 39.5 Å². The van der Waals surface area contributed by atoms with Crippen LogP contribution in [0.5, 0.6) is 0 Å². The van der Waals surface area contributed by atoms with Crippen LogP contribution in [0.25, 0.3) is 0 Å². The molecule has 1 atom stereocenters. The number of nitrogens with two attached hydrogens (primary N) is 1. The van der Waals surface area contributed by atoms with Crippen molar-refractivity contribution in [2.24, 2.45) is 11.7 Å². The SMILES string of the molecule is CC(C)CC(NC(N)=O)C(=O)N(C)CCCCCO. The van der Waals surface area contributed by atoms with Crippen LogP contribution in [0, 0.1) is 5.92 Å². The maximum absolute atomic E-state index is 12.2. The van der Waals surface area contributed by atoms with Crippen LogP contribution in [0.2, 0.25) is 0 Å². The Labute approximate surface area is 115 Å².